The summed E-state index contributed by atoms with van der Waals surface area (Å²) in [5.74, 6) is 0.380. The monoisotopic (exact) mass is 164 g/mol. The Morgan fingerprint density at radius 3 is 3.25 bits per heavy atom. The summed E-state index contributed by atoms with van der Waals surface area (Å²) >= 11 is 0. The van der Waals surface area contributed by atoms with Crippen LogP contribution in [0.3, 0.4) is 0 Å². The van der Waals surface area contributed by atoms with Crippen molar-refractivity contribution in [1.29, 1.82) is 0 Å². The molecule has 0 bridgehead atoms. The first-order valence-electron chi connectivity index (χ1n) is 4.10. The number of nitrogens with two attached hydrogens (primary N) is 1. The third-order valence-electron chi connectivity index (χ3n) is 2.31. The topological polar surface area (TPSA) is 63.8 Å². The van der Waals surface area contributed by atoms with Crippen molar-refractivity contribution >= 4 is 5.95 Å². The lowest BCUT2D eigenvalue weighted by molar-refractivity contribution is 0.589. The average molecular weight is 164 g/mol. The Kier molecular flexibility index (Phi) is 1.69. The predicted molar refractivity (Wildman–Crippen MR) is 46.6 cm³/mol. The number of hydrogen-bond donors (Lipinski definition) is 2. The second-order valence-corrected chi connectivity index (χ2v) is 3.01. The lowest BCUT2D eigenvalue weighted by atomic mass is 10.2. The maximum Gasteiger partial charge on any atom is 0.220 e. The molecule has 0 fully saturated rings. The van der Waals surface area contributed by atoms with E-state index in [0.717, 1.165) is 18.5 Å². The van der Waals surface area contributed by atoms with E-state index in [0.29, 0.717) is 12.0 Å². The zero-order valence-electron chi connectivity index (χ0n) is 7.04. The SMILES string of the molecule is CNC1CCc2nc(N)ncc21. The van der Waals surface area contributed by atoms with Crippen LogP contribution in [0.25, 0.3) is 0 Å². The quantitative estimate of drug-likeness (QED) is 0.625. The molecule has 0 radical (unpaired) electrons. The molecule has 2 rings (SSSR count). The minimum absolute atomic E-state index is 0.380. The van der Waals surface area contributed by atoms with E-state index in [4.69, 9.17) is 5.73 Å². The fourth-order valence-electron chi connectivity index (χ4n) is 1.67. The fourth-order valence-corrected chi connectivity index (χ4v) is 1.67. The number of anilines is 1. The zero-order valence-corrected chi connectivity index (χ0v) is 7.04. The number of aromatic nitrogens is 2. The van der Waals surface area contributed by atoms with Gasteiger partial charge in [-0.05, 0) is 19.9 Å². The number of nitrogens with zero attached hydrogens (tertiary/aromatic N) is 2. The van der Waals surface area contributed by atoms with Crippen LogP contribution < -0.4 is 11.1 Å². The highest BCUT2D eigenvalue weighted by molar-refractivity contribution is 5.31. The summed E-state index contributed by atoms with van der Waals surface area (Å²) in [7, 11) is 1.95. The van der Waals surface area contributed by atoms with Gasteiger partial charge >= 0.3 is 0 Å². The second kappa shape index (κ2) is 2.71. The van der Waals surface area contributed by atoms with Gasteiger partial charge in [-0.15, -0.1) is 0 Å². The molecule has 1 heterocycles. The van der Waals surface area contributed by atoms with E-state index in [9.17, 15) is 0 Å². The second-order valence-electron chi connectivity index (χ2n) is 3.01. The van der Waals surface area contributed by atoms with Crippen LogP contribution >= 0.6 is 0 Å². The first-order chi connectivity index (χ1) is 5.81. The van der Waals surface area contributed by atoms with Gasteiger partial charge in [0, 0.05) is 17.8 Å². The van der Waals surface area contributed by atoms with E-state index >= 15 is 0 Å². The number of rotatable bonds is 1. The summed E-state index contributed by atoms with van der Waals surface area (Å²) in [6.45, 7) is 0. The smallest absolute Gasteiger partial charge is 0.220 e. The van der Waals surface area contributed by atoms with Crippen LogP contribution in [-0.2, 0) is 6.42 Å². The van der Waals surface area contributed by atoms with Crippen molar-refractivity contribution in [3.63, 3.8) is 0 Å². The normalized spacial score (nSPS) is 20.9. The van der Waals surface area contributed by atoms with Crippen molar-refractivity contribution in [2.24, 2.45) is 0 Å². The third kappa shape index (κ3) is 1.04. The number of hydrogen-bond acceptors (Lipinski definition) is 4. The molecule has 4 nitrogen and oxygen atoms in total. The van der Waals surface area contributed by atoms with Gasteiger partial charge in [-0.1, -0.05) is 0 Å². The van der Waals surface area contributed by atoms with Crippen LogP contribution in [0.5, 0.6) is 0 Å². The summed E-state index contributed by atoms with van der Waals surface area (Å²) in [6, 6.07) is 0.417. The molecule has 0 aromatic carbocycles. The van der Waals surface area contributed by atoms with Gasteiger partial charge in [0.15, 0.2) is 0 Å². The fraction of sp³-hybridized carbons (Fsp3) is 0.500. The van der Waals surface area contributed by atoms with Crippen LogP contribution in [-0.4, -0.2) is 17.0 Å². The highest BCUT2D eigenvalue weighted by Crippen LogP contribution is 2.28. The molecule has 1 unspecified atom stereocenters. The highest BCUT2D eigenvalue weighted by atomic mass is 15.0. The third-order valence-corrected chi connectivity index (χ3v) is 2.31. The minimum Gasteiger partial charge on any atom is -0.368 e. The standard InChI is InChI=1S/C8H12N4/c1-10-6-2-3-7-5(6)4-11-8(9)12-7/h4,6,10H,2-3H2,1H3,(H2,9,11,12). The largest absolute Gasteiger partial charge is 0.368 e. The van der Waals surface area contributed by atoms with Crippen LogP contribution in [0.15, 0.2) is 6.20 Å². The van der Waals surface area contributed by atoms with Gasteiger partial charge in [-0.25, -0.2) is 9.97 Å². The summed E-state index contributed by atoms with van der Waals surface area (Å²) < 4.78 is 0. The first kappa shape index (κ1) is 7.49. The summed E-state index contributed by atoms with van der Waals surface area (Å²) in [6.07, 6.45) is 3.93. The van der Waals surface area contributed by atoms with Crippen molar-refractivity contribution < 1.29 is 0 Å². The van der Waals surface area contributed by atoms with Gasteiger partial charge in [0.25, 0.3) is 0 Å². The molecule has 1 aliphatic rings. The van der Waals surface area contributed by atoms with Crippen LogP contribution in [0, 0.1) is 0 Å². The summed E-state index contributed by atoms with van der Waals surface area (Å²) in [4.78, 5) is 8.15. The van der Waals surface area contributed by atoms with Gasteiger partial charge < -0.3 is 11.1 Å². The lowest BCUT2D eigenvalue weighted by Gasteiger charge is -2.07. The summed E-state index contributed by atoms with van der Waals surface area (Å²) in [5.41, 5.74) is 7.77. The van der Waals surface area contributed by atoms with Crippen LogP contribution in [0.1, 0.15) is 23.7 Å². The zero-order chi connectivity index (χ0) is 8.55. The molecular weight excluding hydrogens is 152 g/mol. The van der Waals surface area contributed by atoms with E-state index in [1.165, 1.54) is 5.56 Å². The van der Waals surface area contributed by atoms with Crippen molar-refractivity contribution in [2.45, 2.75) is 18.9 Å². The highest BCUT2D eigenvalue weighted by Gasteiger charge is 2.22. The van der Waals surface area contributed by atoms with Crippen LogP contribution in [0.4, 0.5) is 5.95 Å². The average Bonchev–Trinajstić information content (AvgIpc) is 2.46. The number of nitrogens with one attached hydrogen (secondary N) is 1. The van der Waals surface area contributed by atoms with Crippen molar-refractivity contribution in [1.82, 2.24) is 15.3 Å². The van der Waals surface area contributed by atoms with Crippen LogP contribution in [0.2, 0.25) is 0 Å². The van der Waals surface area contributed by atoms with Gasteiger partial charge in [-0.2, -0.15) is 0 Å². The molecule has 64 valence electrons. The van der Waals surface area contributed by atoms with E-state index < -0.39 is 0 Å². The minimum atomic E-state index is 0.380. The van der Waals surface area contributed by atoms with Crippen molar-refractivity contribution in [2.75, 3.05) is 12.8 Å². The van der Waals surface area contributed by atoms with Crippen molar-refractivity contribution in [3.05, 3.63) is 17.5 Å². The maximum atomic E-state index is 5.48. The van der Waals surface area contributed by atoms with Gasteiger partial charge in [-0.3, -0.25) is 0 Å². The Bertz CT molecular complexity index is 297. The molecule has 3 N–H and O–H groups in total. The molecule has 4 heteroatoms. The Morgan fingerprint density at radius 1 is 1.67 bits per heavy atom. The molecule has 1 aromatic rings. The molecule has 0 saturated carbocycles. The first-order valence-corrected chi connectivity index (χ1v) is 4.10. The Morgan fingerprint density at radius 2 is 2.50 bits per heavy atom. The molecule has 0 aliphatic heterocycles. The molecule has 1 atom stereocenters. The Balaban J connectivity index is 2.40. The van der Waals surface area contributed by atoms with Crippen molar-refractivity contribution in [3.8, 4) is 0 Å². The van der Waals surface area contributed by atoms with E-state index in [1.807, 2.05) is 13.2 Å². The molecule has 0 spiro atoms. The number of fused-ring (bicyclic) bond motifs is 1. The molecule has 0 saturated heterocycles. The summed E-state index contributed by atoms with van der Waals surface area (Å²) in [5, 5.41) is 3.22. The van der Waals surface area contributed by atoms with Gasteiger partial charge in [0.2, 0.25) is 5.95 Å². The van der Waals surface area contributed by atoms with E-state index in [1.54, 1.807) is 0 Å². The number of aryl methyl sites for hydroxylation is 1. The molecular formula is C8H12N4. The van der Waals surface area contributed by atoms with E-state index in [-0.39, 0.29) is 0 Å². The molecule has 0 amide bonds. The molecule has 1 aromatic heterocycles. The maximum absolute atomic E-state index is 5.48. The Hall–Kier alpha value is -1.16. The predicted octanol–water partition coefficient (Wildman–Crippen LogP) is 0.265. The van der Waals surface area contributed by atoms with Gasteiger partial charge in [0.1, 0.15) is 0 Å². The van der Waals surface area contributed by atoms with E-state index in [2.05, 4.69) is 15.3 Å². The molecule has 12 heavy (non-hydrogen) atoms. The lowest BCUT2D eigenvalue weighted by Crippen LogP contribution is -2.13. The molecule has 1 aliphatic carbocycles. The Labute approximate surface area is 71.2 Å². The number of nitrogen functional groups attached to an aromatic ring is 1. The van der Waals surface area contributed by atoms with Gasteiger partial charge in [0.05, 0.1) is 5.69 Å².